The van der Waals surface area contributed by atoms with Crippen LogP contribution in [0.3, 0.4) is 0 Å². The zero-order valence-corrected chi connectivity index (χ0v) is 13.2. The van der Waals surface area contributed by atoms with Gasteiger partial charge in [-0.05, 0) is 12.3 Å². The van der Waals surface area contributed by atoms with Crippen molar-refractivity contribution in [1.82, 2.24) is 0 Å². The summed E-state index contributed by atoms with van der Waals surface area (Å²) in [6, 6.07) is 0. The molecule has 0 amide bonds. The van der Waals surface area contributed by atoms with E-state index < -0.39 is 0 Å². The van der Waals surface area contributed by atoms with Crippen molar-refractivity contribution in [3.05, 3.63) is 0 Å². The lowest BCUT2D eigenvalue weighted by Crippen LogP contribution is -2.13. The molecule has 3 heteroatoms. The zero-order valence-electron chi connectivity index (χ0n) is 10.7. The Morgan fingerprint density at radius 3 is 2.31 bits per heavy atom. The Kier molecular flexibility index (Phi) is 9.46. The van der Waals surface area contributed by atoms with Crippen LogP contribution in [0.15, 0.2) is 0 Å². The molecule has 1 atom stereocenters. The summed E-state index contributed by atoms with van der Waals surface area (Å²) in [7, 11) is 0. The SMILES string of the molecule is CCCCCCCCC(C)C1SCSCS1. The molecule has 0 spiro atoms. The fraction of sp³-hybridized carbons (Fsp3) is 1.00. The quantitative estimate of drug-likeness (QED) is 0.513. The van der Waals surface area contributed by atoms with Crippen LogP contribution in [0.5, 0.6) is 0 Å². The molecule has 1 aliphatic heterocycles. The molecule has 1 unspecified atom stereocenters. The molecular weight excluding hydrogens is 252 g/mol. The van der Waals surface area contributed by atoms with Crippen molar-refractivity contribution in [2.45, 2.75) is 63.4 Å². The summed E-state index contributed by atoms with van der Waals surface area (Å²) in [5, 5.41) is 2.64. The molecule has 0 radical (unpaired) electrons. The van der Waals surface area contributed by atoms with Gasteiger partial charge in [0.05, 0.1) is 4.58 Å². The Bertz CT molecular complexity index is 155. The fourth-order valence-corrected chi connectivity index (χ4v) is 7.07. The number of thioether (sulfide) groups is 3. The third-order valence-corrected chi connectivity index (χ3v) is 7.93. The van der Waals surface area contributed by atoms with Crippen molar-refractivity contribution in [3.8, 4) is 0 Å². The Balaban J connectivity index is 1.94. The summed E-state index contributed by atoms with van der Waals surface area (Å²) in [4.78, 5) is 0. The summed E-state index contributed by atoms with van der Waals surface area (Å²) in [6.07, 6.45) is 10.1. The van der Waals surface area contributed by atoms with Crippen molar-refractivity contribution >= 4 is 35.3 Å². The molecule has 0 aromatic rings. The van der Waals surface area contributed by atoms with E-state index in [0.29, 0.717) is 0 Å². The molecule has 1 heterocycles. The average molecular weight is 279 g/mol. The Morgan fingerprint density at radius 1 is 1.00 bits per heavy atom. The molecule has 96 valence electrons. The average Bonchev–Trinajstić information content (AvgIpc) is 2.34. The number of hydrogen-bond donors (Lipinski definition) is 0. The topological polar surface area (TPSA) is 0 Å². The summed E-state index contributed by atoms with van der Waals surface area (Å²) >= 11 is 6.42. The van der Waals surface area contributed by atoms with Crippen molar-refractivity contribution < 1.29 is 0 Å². The first kappa shape index (κ1) is 15.1. The van der Waals surface area contributed by atoms with Gasteiger partial charge in [-0.25, -0.2) is 0 Å². The maximum Gasteiger partial charge on any atom is 0.0544 e. The predicted octanol–water partition coefficient (Wildman–Crippen LogP) is 5.83. The van der Waals surface area contributed by atoms with Crippen LogP contribution in [0.4, 0.5) is 0 Å². The first-order valence-corrected chi connectivity index (χ1v) is 9.90. The molecule has 0 saturated carbocycles. The van der Waals surface area contributed by atoms with E-state index in [4.69, 9.17) is 0 Å². The largest absolute Gasteiger partial charge is 0.140 e. The van der Waals surface area contributed by atoms with Crippen LogP contribution in [0.2, 0.25) is 0 Å². The Morgan fingerprint density at radius 2 is 1.62 bits per heavy atom. The molecule has 1 rings (SSSR count). The van der Waals surface area contributed by atoms with Gasteiger partial charge in [0.2, 0.25) is 0 Å². The maximum absolute atomic E-state index is 2.45. The number of hydrogen-bond acceptors (Lipinski definition) is 3. The van der Waals surface area contributed by atoms with Crippen LogP contribution in [0, 0.1) is 5.92 Å². The molecule has 1 fully saturated rings. The minimum atomic E-state index is 0.886. The van der Waals surface area contributed by atoms with Crippen LogP contribution >= 0.6 is 35.3 Å². The summed E-state index contributed by atoms with van der Waals surface area (Å²) in [5.74, 6) is 0.919. The first-order chi connectivity index (χ1) is 7.84. The highest BCUT2D eigenvalue weighted by molar-refractivity contribution is 8.32. The third-order valence-electron chi connectivity index (χ3n) is 3.11. The second-order valence-corrected chi connectivity index (χ2v) is 8.95. The van der Waals surface area contributed by atoms with Crippen LogP contribution in [-0.2, 0) is 0 Å². The van der Waals surface area contributed by atoms with Gasteiger partial charge >= 0.3 is 0 Å². The predicted molar refractivity (Wildman–Crippen MR) is 83.5 cm³/mol. The van der Waals surface area contributed by atoms with E-state index in [1.807, 2.05) is 0 Å². The smallest absolute Gasteiger partial charge is 0.0544 e. The molecule has 0 aromatic carbocycles. The number of rotatable bonds is 8. The fourth-order valence-electron chi connectivity index (χ4n) is 2.02. The minimum Gasteiger partial charge on any atom is -0.140 e. The van der Waals surface area contributed by atoms with Crippen LogP contribution in [0.1, 0.15) is 58.8 Å². The Hall–Kier alpha value is 1.05. The van der Waals surface area contributed by atoms with Crippen molar-refractivity contribution in [3.63, 3.8) is 0 Å². The molecule has 0 aromatic heterocycles. The van der Waals surface area contributed by atoms with Gasteiger partial charge in [-0.1, -0.05) is 52.4 Å². The van der Waals surface area contributed by atoms with Gasteiger partial charge in [0, 0.05) is 10.2 Å². The normalized spacial score (nSPS) is 19.9. The van der Waals surface area contributed by atoms with Gasteiger partial charge in [0.25, 0.3) is 0 Å². The zero-order chi connectivity index (χ0) is 11.6. The van der Waals surface area contributed by atoms with Crippen molar-refractivity contribution in [1.29, 1.82) is 0 Å². The molecule has 0 bridgehead atoms. The second-order valence-electron chi connectivity index (χ2n) is 4.68. The van der Waals surface area contributed by atoms with Gasteiger partial charge in [-0.3, -0.25) is 0 Å². The van der Waals surface area contributed by atoms with Crippen LogP contribution < -0.4 is 0 Å². The molecule has 0 aliphatic carbocycles. The lowest BCUT2D eigenvalue weighted by molar-refractivity contribution is 0.509. The van der Waals surface area contributed by atoms with Crippen LogP contribution in [0.25, 0.3) is 0 Å². The second kappa shape index (κ2) is 10.0. The third kappa shape index (κ3) is 6.70. The van der Waals surface area contributed by atoms with E-state index in [9.17, 15) is 0 Å². The van der Waals surface area contributed by atoms with Crippen molar-refractivity contribution in [2.75, 3.05) is 10.2 Å². The first-order valence-electron chi connectivity index (χ1n) is 6.65. The van der Waals surface area contributed by atoms with E-state index in [2.05, 4.69) is 49.1 Å². The highest BCUT2D eigenvalue weighted by Crippen LogP contribution is 2.41. The molecule has 16 heavy (non-hydrogen) atoms. The molecule has 1 saturated heterocycles. The van der Waals surface area contributed by atoms with Gasteiger partial charge < -0.3 is 0 Å². The lowest BCUT2D eigenvalue weighted by atomic mass is 10.0. The van der Waals surface area contributed by atoms with E-state index in [1.54, 1.807) is 0 Å². The molecular formula is C13H26S3. The van der Waals surface area contributed by atoms with E-state index in [-0.39, 0.29) is 0 Å². The maximum atomic E-state index is 2.45. The summed E-state index contributed by atoms with van der Waals surface area (Å²) < 4.78 is 0.886. The highest BCUT2D eigenvalue weighted by atomic mass is 32.3. The van der Waals surface area contributed by atoms with Gasteiger partial charge in [0.15, 0.2) is 0 Å². The summed E-state index contributed by atoms with van der Waals surface area (Å²) in [6.45, 7) is 4.74. The van der Waals surface area contributed by atoms with E-state index >= 15 is 0 Å². The van der Waals surface area contributed by atoms with Gasteiger partial charge in [-0.2, -0.15) is 0 Å². The number of unbranched alkanes of at least 4 members (excludes halogenated alkanes) is 5. The monoisotopic (exact) mass is 278 g/mol. The molecule has 0 nitrogen and oxygen atoms in total. The highest BCUT2D eigenvalue weighted by Gasteiger charge is 2.20. The van der Waals surface area contributed by atoms with Crippen molar-refractivity contribution in [2.24, 2.45) is 5.92 Å². The minimum absolute atomic E-state index is 0.886. The standard InChI is InChI=1S/C13H26S3/c1-3-4-5-6-7-8-9-12(2)13-15-10-14-11-16-13/h12-13H,3-11H2,1-2H3. The van der Waals surface area contributed by atoms with Gasteiger partial charge in [0.1, 0.15) is 0 Å². The van der Waals surface area contributed by atoms with E-state index in [0.717, 1.165) is 10.5 Å². The molecule has 0 N–H and O–H groups in total. The molecule has 1 aliphatic rings. The van der Waals surface area contributed by atoms with Crippen LogP contribution in [-0.4, -0.2) is 14.8 Å². The summed E-state index contributed by atoms with van der Waals surface area (Å²) in [5.41, 5.74) is 0. The van der Waals surface area contributed by atoms with Gasteiger partial charge in [-0.15, -0.1) is 35.3 Å². The Labute approximate surface area is 114 Å². The lowest BCUT2D eigenvalue weighted by Gasteiger charge is -2.26. The van der Waals surface area contributed by atoms with E-state index in [1.165, 1.54) is 55.1 Å².